The number of anilines is 1. The summed E-state index contributed by atoms with van der Waals surface area (Å²) >= 11 is 3.40. The number of nitrogens with zero attached hydrogens (tertiary/aromatic N) is 1. The van der Waals surface area contributed by atoms with Crippen LogP contribution < -0.4 is 5.32 Å². The molecular formula is C16H19BrN2. The van der Waals surface area contributed by atoms with E-state index in [1.54, 1.807) is 0 Å². The summed E-state index contributed by atoms with van der Waals surface area (Å²) in [6.07, 6.45) is 1.83. The van der Waals surface area contributed by atoms with Crippen LogP contribution in [0.3, 0.4) is 0 Å². The van der Waals surface area contributed by atoms with Gasteiger partial charge in [0, 0.05) is 16.4 Å². The fraction of sp³-hybridized carbons (Fsp3) is 0.312. The van der Waals surface area contributed by atoms with Gasteiger partial charge in [0.1, 0.15) is 0 Å². The van der Waals surface area contributed by atoms with E-state index in [1.165, 1.54) is 11.3 Å². The second-order valence-corrected chi connectivity index (χ2v) is 6.53. The van der Waals surface area contributed by atoms with Gasteiger partial charge in [0.2, 0.25) is 0 Å². The summed E-state index contributed by atoms with van der Waals surface area (Å²) in [6, 6.07) is 12.5. The highest BCUT2D eigenvalue weighted by Gasteiger charge is 2.17. The fourth-order valence-electron chi connectivity index (χ4n) is 1.99. The third-order valence-electron chi connectivity index (χ3n) is 2.98. The summed E-state index contributed by atoms with van der Waals surface area (Å²) in [6.45, 7) is 7.42. The number of aromatic nitrogens is 1. The molecule has 0 saturated carbocycles. The number of nitrogens with one attached hydrogen (secondary N) is 1. The van der Waals surface area contributed by atoms with E-state index in [-0.39, 0.29) is 5.41 Å². The quantitative estimate of drug-likeness (QED) is 0.883. The second-order valence-electron chi connectivity index (χ2n) is 5.62. The first kappa shape index (κ1) is 14.1. The van der Waals surface area contributed by atoms with E-state index in [1.807, 2.05) is 18.3 Å². The van der Waals surface area contributed by atoms with Gasteiger partial charge in [0.15, 0.2) is 0 Å². The molecule has 0 unspecified atom stereocenters. The summed E-state index contributed by atoms with van der Waals surface area (Å²) in [5.74, 6) is 0. The van der Waals surface area contributed by atoms with Crippen LogP contribution in [0.25, 0.3) is 0 Å². The molecule has 1 aromatic heterocycles. The van der Waals surface area contributed by atoms with Crippen molar-refractivity contribution < 1.29 is 0 Å². The lowest BCUT2D eigenvalue weighted by Crippen LogP contribution is -2.15. The molecule has 19 heavy (non-hydrogen) atoms. The van der Waals surface area contributed by atoms with Crippen LogP contribution in [0, 0.1) is 0 Å². The van der Waals surface area contributed by atoms with Gasteiger partial charge in [0.25, 0.3) is 0 Å². The van der Waals surface area contributed by atoms with Gasteiger partial charge in [-0.05, 0) is 45.1 Å². The molecule has 0 amide bonds. The van der Waals surface area contributed by atoms with E-state index < -0.39 is 0 Å². The van der Waals surface area contributed by atoms with E-state index >= 15 is 0 Å². The van der Waals surface area contributed by atoms with Crippen molar-refractivity contribution >= 4 is 21.6 Å². The van der Waals surface area contributed by atoms with Gasteiger partial charge in [-0.25, -0.2) is 0 Å². The van der Waals surface area contributed by atoms with Crippen LogP contribution in [0.1, 0.15) is 32.0 Å². The smallest absolute Gasteiger partial charge is 0.0595 e. The first-order valence-electron chi connectivity index (χ1n) is 6.40. The van der Waals surface area contributed by atoms with Crippen LogP contribution in [-0.2, 0) is 12.0 Å². The van der Waals surface area contributed by atoms with Gasteiger partial charge in [-0.2, -0.15) is 0 Å². The molecule has 0 aliphatic carbocycles. The Morgan fingerprint density at radius 1 is 1.11 bits per heavy atom. The first-order chi connectivity index (χ1) is 8.97. The van der Waals surface area contributed by atoms with Gasteiger partial charge in [-0.3, -0.25) is 4.98 Å². The average Bonchev–Trinajstić information content (AvgIpc) is 2.37. The van der Waals surface area contributed by atoms with Crippen molar-refractivity contribution in [3.8, 4) is 0 Å². The molecule has 2 rings (SSSR count). The number of benzene rings is 1. The van der Waals surface area contributed by atoms with Crippen molar-refractivity contribution in [2.24, 2.45) is 0 Å². The van der Waals surface area contributed by atoms with Gasteiger partial charge in [-0.1, -0.05) is 39.0 Å². The molecule has 0 fully saturated rings. The van der Waals surface area contributed by atoms with Crippen molar-refractivity contribution in [3.63, 3.8) is 0 Å². The summed E-state index contributed by atoms with van der Waals surface area (Å²) in [5, 5.41) is 3.48. The molecule has 2 nitrogen and oxygen atoms in total. The Bertz CT molecular complexity index is 541. The topological polar surface area (TPSA) is 24.9 Å². The lowest BCUT2D eigenvalue weighted by molar-refractivity contribution is 0.591. The zero-order valence-electron chi connectivity index (χ0n) is 11.6. The Morgan fingerprint density at radius 2 is 1.84 bits per heavy atom. The Labute approximate surface area is 123 Å². The number of para-hydroxylation sites is 1. The zero-order chi connectivity index (χ0) is 13.9. The maximum atomic E-state index is 4.38. The predicted octanol–water partition coefficient (Wildman–Crippen LogP) is 4.75. The van der Waals surface area contributed by atoms with E-state index in [4.69, 9.17) is 0 Å². The zero-order valence-corrected chi connectivity index (χ0v) is 13.2. The molecule has 0 aliphatic rings. The van der Waals surface area contributed by atoms with Crippen LogP contribution in [0.15, 0.2) is 47.1 Å². The Morgan fingerprint density at radius 3 is 2.47 bits per heavy atom. The molecule has 1 aromatic carbocycles. The van der Waals surface area contributed by atoms with Crippen molar-refractivity contribution in [2.75, 3.05) is 5.32 Å². The van der Waals surface area contributed by atoms with Crippen molar-refractivity contribution in [3.05, 3.63) is 58.3 Å². The van der Waals surface area contributed by atoms with Crippen LogP contribution in [0.4, 0.5) is 5.69 Å². The van der Waals surface area contributed by atoms with E-state index in [2.05, 4.69) is 71.3 Å². The van der Waals surface area contributed by atoms with Crippen LogP contribution in [-0.4, -0.2) is 4.98 Å². The predicted molar refractivity (Wildman–Crippen MR) is 84.4 cm³/mol. The minimum atomic E-state index is 0.136. The van der Waals surface area contributed by atoms with Crippen LogP contribution in [0.5, 0.6) is 0 Å². The lowest BCUT2D eigenvalue weighted by atomic mass is 9.86. The number of halogens is 1. The fourth-order valence-corrected chi connectivity index (χ4v) is 2.22. The molecule has 2 aromatic rings. The van der Waals surface area contributed by atoms with Crippen molar-refractivity contribution in [2.45, 2.75) is 32.7 Å². The van der Waals surface area contributed by atoms with Crippen molar-refractivity contribution in [1.29, 1.82) is 0 Å². The molecule has 3 heteroatoms. The molecule has 1 heterocycles. The molecular weight excluding hydrogens is 300 g/mol. The molecule has 100 valence electrons. The molecule has 0 bridgehead atoms. The largest absolute Gasteiger partial charge is 0.379 e. The minimum absolute atomic E-state index is 0.136. The van der Waals surface area contributed by atoms with Gasteiger partial charge in [-0.15, -0.1) is 0 Å². The molecule has 1 N–H and O–H groups in total. The number of rotatable bonds is 3. The van der Waals surface area contributed by atoms with Gasteiger partial charge < -0.3 is 5.32 Å². The van der Waals surface area contributed by atoms with Crippen molar-refractivity contribution in [1.82, 2.24) is 4.98 Å². The number of hydrogen-bond acceptors (Lipinski definition) is 2. The second kappa shape index (κ2) is 5.74. The molecule has 0 atom stereocenters. The van der Waals surface area contributed by atoms with Crippen LogP contribution in [0.2, 0.25) is 0 Å². The summed E-state index contributed by atoms with van der Waals surface area (Å²) < 4.78 is 1.01. The number of pyridine rings is 1. The molecule has 0 saturated heterocycles. The molecule has 0 aliphatic heterocycles. The molecule has 0 radical (unpaired) electrons. The summed E-state index contributed by atoms with van der Waals surface area (Å²) in [5.41, 5.74) is 3.68. The Balaban J connectivity index is 2.14. The van der Waals surface area contributed by atoms with E-state index in [9.17, 15) is 0 Å². The van der Waals surface area contributed by atoms with Gasteiger partial charge >= 0.3 is 0 Å². The Kier molecular flexibility index (Phi) is 4.25. The number of hydrogen-bond donors (Lipinski definition) is 1. The highest BCUT2D eigenvalue weighted by atomic mass is 79.9. The average molecular weight is 319 g/mol. The summed E-state index contributed by atoms with van der Waals surface area (Å²) in [4.78, 5) is 4.38. The SMILES string of the molecule is CC(C)(C)c1ccccc1NCc1ccc(Br)cn1. The minimum Gasteiger partial charge on any atom is -0.379 e. The maximum Gasteiger partial charge on any atom is 0.0595 e. The summed E-state index contributed by atoms with van der Waals surface area (Å²) in [7, 11) is 0. The van der Waals surface area contributed by atoms with Crippen LogP contribution >= 0.6 is 15.9 Å². The van der Waals surface area contributed by atoms with E-state index in [0.29, 0.717) is 0 Å². The highest BCUT2D eigenvalue weighted by Crippen LogP contribution is 2.29. The lowest BCUT2D eigenvalue weighted by Gasteiger charge is -2.23. The third kappa shape index (κ3) is 3.80. The third-order valence-corrected chi connectivity index (χ3v) is 3.45. The van der Waals surface area contributed by atoms with E-state index in [0.717, 1.165) is 16.7 Å². The normalized spacial score (nSPS) is 11.4. The first-order valence-corrected chi connectivity index (χ1v) is 7.20. The Hall–Kier alpha value is -1.35. The highest BCUT2D eigenvalue weighted by molar-refractivity contribution is 9.10. The maximum absolute atomic E-state index is 4.38. The van der Waals surface area contributed by atoms with Gasteiger partial charge in [0.05, 0.1) is 12.2 Å². The monoisotopic (exact) mass is 318 g/mol. The standard InChI is InChI=1S/C16H19BrN2/c1-16(2,3)14-6-4-5-7-15(14)19-11-13-9-8-12(17)10-18-13/h4-10,19H,11H2,1-3H3. The molecule has 0 spiro atoms.